The summed E-state index contributed by atoms with van der Waals surface area (Å²) >= 11 is 6.37. The normalized spacial score (nSPS) is 14.3. The van der Waals surface area contributed by atoms with Gasteiger partial charge in [0.15, 0.2) is 0 Å². The molecule has 3 aromatic rings. The van der Waals surface area contributed by atoms with E-state index in [1.807, 2.05) is 24.3 Å². The molecule has 1 aliphatic rings. The van der Waals surface area contributed by atoms with Crippen molar-refractivity contribution < 1.29 is 28.9 Å². The fourth-order valence-electron chi connectivity index (χ4n) is 4.12. The summed E-state index contributed by atoms with van der Waals surface area (Å²) in [4.78, 5) is 24.2. The number of halogens is 1. The summed E-state index contributed by atoms with van der Waals surface area (Å²) in [6.45, 7) is 3.60. The number of carbonyl (C=O) groups excluding carboxylic acids is 1. The average molecular weight is 524 g/mol. The smallest absolute Gasteiger partial charge is 0.311 e. The largest absolute Gasteiger partial charge is 0.493 e. The van der Waals surface area contributed by atoms with Crippen LogP contribution in [0.25, 0.3) is 0 Å². The molecule has 7 nitrogen and oxygen atoms in total. The number of carboxylic acids is 1. The van der Waals surface area contributed by atoms with Gasteiger partial charge in [-0.05, 0) is 61.2 Å². The van der Waals surface area contributed by atoms with Crippen molar-refractivity contribution in [1.29, 1.82) is 0 Å². The Balaban J connectivity index is 1.34. The Kier molecular flexibility index (Phi) is 8.90. The third-order valence-electron chi connectivity index (χ3n) is 6.15. The number of benzene rings is 3. The minimum absolute atomic E-state index is 0.184. The summed E-state index contributed by atoms with van der Waals surface area (Å²) in [5, 5.41) is 12.7. The Morgan fingerprint density at radius 1 is 1.11 bits per heavy atom. The van der Waals surface area contributed by atoms with Gasteiger partial charge >= 0.3 is 5.97 Å². The van der Waals surface area contributed by atoms with Crippen molar-refractivity contribution >= 4 is 23.5 Å². The van der Waals surface area contributed by atoms with E-state index < -0.39 is 11.9 Å². The highest BCUT2D eigenvalue weighted by molar-refractivity contribution is 6.32. The third kappa shape index (κ3) is 6.74. The van der Waals surface area contributed by atoms with Gasteiger partial charge in [-0.15, -0.1) is 0 Å². The van der Waals surface area contributed by atoms with Crippen LogP contribution in [-0.4, -0.2) is 36.7 Å². The molecule has 8 heteroatoms. The number of unbranched alkanes of at least 4 members (excludes halogenated alkanes) is 1. The summed E-state index contributed by atoms with van der Waals surface area (Å²) in [5.41, 5.74) is 2.10. The van der Waals surface area contributed by atoms with E-state index in [9.17, 15) is 14.7 Å². The average Bonchev–Trinajstić information content (AvgIpc) is 2.90. The maximum atomic E-state index is 12.6. The molecule has 1 heterocycles. The number of carboxylic acid groups (broad SMARTS) is 1. The number of aliphatic carboxylic acids is 1. The fourth-order valence-corrected chi connectivity index (χ4v) is 4.33. The number of carbonyl (C=O) groups is 2. The highest BCUT2D eigenvalue weighted by Gasteiger charge is 2.29. The number of para-hydroxylation sites is 1. The van der Waals surface area contributed by atoms with Crippen LogP contribution in [0.4, 0.5) is 0 Å². The number of fused-ring (bicyclic) bond motifs is 1. The van der Waals surface area contributed by atoms with Gasteiger partial charge in [0, 0.05) is 23.7 Å². The van der Waals surface area contributed by atoms with Gasteiger partial charge in [0.25, 0.3) is 5.91 Å². The molecule has 0 aromatic heterocycles. The van der Waals surface area contributed by atoms with E-state index in [0.29, 0.717) is 61.0 Å². The van der Waals surface area contributed by atoms with Crippen molar-refractivity contribution in [3.8, 4) is 23.0 Å². The van der Waals surface area contributed by atoms with Gasteiger partial charge in [-0.2, -0.15) is 0 Å². The minimum atomic E-state index is -0.910. The maximum Gasteiger partial charge on any atom is 0.311 e. The Hall–Kier alpha value is -3.71. The lowest BCUT2D eigenvalue weighted by Gasteiger charge is -2.24. The van der Waals surface area contributed by atoms with E-state index in [4.69, 9.17) is 25.8 Å². The zero-order valence-electron chi connectivity index (χ0n) is 20.7. The van der Waals surface area contributed by atoms with Gasteiger partial charge in [-0.3, -0.25) is 9.59 Å². The predicted octanol–water partition coefficient (Wildman–Crippen LogP) is 6.23. The highest BCUT2D eigenvalue weighted by Crippen LogP contribution is 2.41. The lowest BCUT2D eigenvalue weighted by atomic mass is 9.93. The van der Waals surface area contributed by atoms with Crippen molar-refractivity contribution in [3.63, 3.8) is 0 Å². The topological polar surface area (TPSA) is 94.1 Å². The zero-order valence-corrected chi connectivity index (χ0v) is 21.4. The molecule has 2 N–H and O–H groups in total. The van der Waals surface area contributed by atoms with Crippen molar-refractivity contribution in [1.82, 2.24) is 5.32 Å². The van der Waals surface area contributed by atoms with Crippen LogP contribution in [0, 0.1) is 0 Å². The molecule has 0 fully saturated rings. The van der Waals surface area contributed by atoms with Crippen LogP contribution in [0.1, 0.15) is 53.6 Å². The van der Waals surface area contributed by atoms with Gasteiger partial charge in [-0.25, -0.2) is 0 Å². The minimum Gasteiger partial charge on any atom is -0.493 e. The lowest BCUT2D eigenvalue weighted by molar-refractivity contribution is -0.139. The Labute approximate surface area is 221 Å². The fraction of sp³-hybridized carbons (Fsp3) is 0.310. The number of nitrogens with one attached hydrogen (secondary N) is 1. The summed E-state index contributed by atoms with van der Waals surface area (Å²) in [5.74, 6) is 0.395. The van der Waals surface area contributed by atoms with Crippen LogP contribution in [0.5, 0.6) is 23.0 Å². The molecule has 0 spiro atoms. The molecule has 0 radical (unpaired) electrons. The summed E-state index contributed by atoms with van der Waals surface area (Å²) in [6.07, 6.45) is 3.13. The van der Waals surface area contributed by atoms with E-state index in [2.05, 4.69) is 12.2 Å². The number of rotatable bonds is 11. The third-order valence-corrected chi connectivity index (χ3v) is 6.45. The van der Waals surface area contributed by atoms with Crippen LogP contribution >= 0.6 is 11.6 Å². The van der Waals surface area contributed by atoms with E-state index in [-0.39, 0.29) is 10.9 Å². The molecule has 1 atom stereocenters. The van der Waals surface area contributed by atoms with E-state index in [1.165, 1.54) is 0 Å². The molecule has 0 bridgehead atoms. The van der Waals surface area contributed by atoms with Gasteiger partial charge in [0.2, 0.25) is 0 Å². The Morgan fingerprint density at radius 3 is 2.65 bits per heavy atom. The SMILES string of the molecule is CCCCOc1ccccc1CCNC(=O)c1ccc(Oc2cc3c(cc2Cl)C(C(=O)O)CCO3)cc1. The Bertz CT molecular complexity index is 1240. The molecule has 0 saturated carbocycles. The van der Waals surface area contributed by atoms with Crippen LogP contribution in [-0.2, 0) is 11.2 Å². The second-order valence-electron chi connectivity index (χ2n) is 8.79. The van der Waals surface area contributed by atoms with Crippen molar-refractivity contribution in [2.75, 3.05) is 19.8 Å². The zero-order chi connectivity index (χ0) is 26.2. The first-order valence-corrected chi connectivity index (χ1v) is 12.8. The van der Waals surface area contributed by atoms with E-state index >= 15 is 0 Å². The number of hydrogen-bond donors (Lipinski definition) is 2. The molecule has 0 aliphatic carbocycles. The molecule has 4 rings (SSSR count). The van der Waals surface area contributed by atoms with Gasteiger partial charge < -0.3 is 24.6 Å². The molecule has 1 aliphatic heterocycles. The Morgan fingerprint density at radius 2 is 1.89 bits per heavy atom. The molecule has 194 valence electrons. The maximum absolute atomic E-state index is 12.6. The quantitative estimate of drug-likeness (QED) is 0.289. The van der Waals surface area contributed by atoms with Crippen molar-refractivity contribution in [2.45, 2.75) is 38.5 Å². The first kappa shape index (κ1) is 26.4. The van der Waals surface area contributed by atoms with Crippen molar-refractivity contribution in [2.24, 2.45) is 0 Å². The summed E-state index contributed by atoms with van der Waals surface area (Å²) in [7, 11) is 0. The van der Waals surface area contributed by atoms with Gasteiger partial charge in [0.05, 0.1) is 24.2 Å². The second kappa shape index (κ2) is 12.5. The van der Waals surface area contributed by atoms with Crippen LogP contribution < -0.4 is 19.5 Å². The second-order valence-corrected chi connectivity index (χ2v) is 9.20. The van der Waals surface area contributed by atoms with Crippen LogP contribution in [0.3, 0.4) is 0 Å². The van der Waals surface area contributed by atoms with E-state index in [0.717, 1.165) is 24.2 Å². The molecule has 3 aromatic carbocycles. The summed E-state index contributed by atoms with van der Waals surface area (Å²) < 4.78 is 17.4. The van der Waals surface area contributed by atoms with Gasteiger partial charge in [-0.1, -0.05) is 43.1 Å². The van der Waals surface area contributed by atoms with Gasteiger partial charge in [0.1, 0.15) is 23.0 Å². The predicted molar refractivity (Wildman–Crippen MR) is 141 cm³/mol. The monoisotopic (exact) mass is 523 g/mol. The van der Waals surface area contributed by atoms with Crippen LogP contribution in [0.15, 0.2) is 60.7 Å². The molecule has 1 unspecified atom stereocenters. The molecular formula is C29H30ClNO6. The van der Waals surface area contributed by atoms with Crippen LogP contribution in [0.2, 0.25) is 5.02 Å². The number of amides is 1. The number of hydrogen-bond acceptors (Lipinski definition) is 5. The lowest BCUT2D eigenvalue weighted by Crippen LogP contribution is -2.25. The first-order valence-electron chi connectivity index (χ1n) is 12.4. The molecule has 37 heavy (non-hydrogen) atoms. The molecular weight excluding hydrogens is 494 g/mol. The molecule has 1 amide bonds. The highest BCUT2D eigenvalue weighted by atomic mass is 35.5. The number of ether oxygens (including phenoxy) is 3. The summed E-state index contributed by atoms with van der Waals surface area (Å²) in [6, 6.07) is 17.8. The molecule has 0 saturated heterocycles. The van der Waals surface area contributed by atoms with Crippen molar-refractivity contribution in [3.05, 3.63) is 82.4 Å². The first-order chi connectivity index (χ1) is 18.0. The standard InChI is InChI=1S/C29H30ClNO6/c1-2-3-15-35-25-7-5-4-6-19(25)12-14-31-28(32)20-8-10-21(11-9-20)37-27-18-26-23(17-24(27)30)22(29(33)34)13-16-36-26/h4-11,17-18,22H,2-3,12-16H2,1H3,(H,31,32)(H,33,34). The van der Waals surface area contributed by atoms with E-state index in [1.54, 1.807) is 36.4 Å².